The van der Waals surface area contributed by atoms with Gasteiger partial charge in [-0.1, -0.05) is 51.1 Å². The van der Waals surface area contributed by atoms with Crippen LogP contribution in [0.4, 0.5) is 0 Å². The fraction of sp³-hybridized carbons (Fsp3) is 0.500. The molecule has 1 aromatic heterocycles. The van der Waals surface area contributed by atoms with Gasteiger partial charge in [0.1, 0.15) is 5.01 Å². The third-order valence-electron chi connectivity index (χ3n) is 4.23. The summed E-state index contributed by atoms with van der Waals surface area (Å²) in [6.07, 6.45) is 2.46. The van der Waals surface area contributed by atoms with E-state index in [4.69, 9.17) is 4.98 Å². The Morgan fingerprint density at radius 2 is 1.86 bits per heavy atom. The van der Waals surface area contributed by atoms with Crippen LogP contribution in [0.25, 0.3) is 0 Å². The molecule has 0 aliphatic heterocycles. The fourth-order valence-electron chi connectivity index (χ4n) is 2.93. The largest absolute Gasteiger partial charge is 0.315 e. The van der Waals surface area contributed by atoms with E-state index in [2.05, 4.69) is 56.4 Å². The van der Waals surface area contributed by atoms with Crippen molar-refractivity contribution in [3.05, 3.63) is 51.5 Å². The first-order valence-electron chi connectivity index (χ1n) is 7.68. The van der Waals surface area contributed by atoms with Crippen LogP contribution < -0.4 is 5.32 Å². The lowest BCUT2D eigenvalue weighted by Crippen LogP contribution is -2.17. The third kappa shape index (κ3) is 2.65. The SMILES string of the molecule is CNCc1sc(C2(c3ccccc3)CC2)nc1C(C)(C)C. The molecule has 0 spiro atoms. The molecular formula is C18H24N2S. The highest BCUT2D eigenvalue weighted by molar-refractivity contribution is 7.12. The molecule has 0 bridgehead atoms. The van der Waals surface area contributed by atoms with Gasteiger partial charge in [-0.3, -0.25) is 0 Å². The molecule has 1 aromatic carbocycles. The zero-order chi connectivity index (χ0) is 15.1. The number of benzene rings is 1. The van der Waals surface area contributed by atoms with Crippen molar-refractivity contribution < 1.29 is 0 Å². The molecule has 1 N–H and O–H groups in total. The lowest BCUT2D eigenvalue weighted by molar-refractivity contribution is 0.559. The van der Waals surface area contributed by atoms with E-state index in [0.717, 1.165) is 6.54 Å². The quantitative estimate of drug-likeness (QED) is 0.913. The first-order valence-corrected chi connectivity index (χ1v) is 8.50. The first kappa shape index (κ1) is 14.7. The molecule has 1 fully saturated rings. The summed E-state index contributed by atoms with van der Waals surface area (Å²) in [5.41, 5.74) is 2.99. The number of thiazole rings is 1. The lowest BCUT2D eigenvalue weighted by atomic mass is 9.91. The van der Waals surface area contributed by atoms with Gasteiger partial charge in [-0.2, -0.15) is 0 Å². The number of hydrogen-bond acceptors (Lipinski definition) is 3. The minimum atomic E-state index is 0.105. The summed E-state index contributed by atoms with van der Waals surface area (Å²) in [5, 5.41) is 4.60. The van der Waals surface area contributed by atoms with Crippen LogP contribution in [0.15, 0.2) is 30.3 Å². The summed E-state index contributed by atoms with van der Waals surface area (Å²) in [5.74, 6) is 0. The number of nitrogens with one attached hydrogen (secondary N) is 1. The Bertz CT molecular complexity index is 618. The fourth-order valence-corrected chi connectivity index (χ4v) is 4.48. The second-order valence-corrected chi connectivity index (χ2v) is 8.10. The topological polar surface area (TPSA) is 24.9 Å². The molecule has 1 saturated carbocycles. The van der Waals surface area contributed by atoms with Crippen molar-refractivity contribution in [2.45, 2.75) is 51.0 Å². The van der Waals surface area contributed by atoms with Crippen LogP contribution in [0.2, 0.25) is 0 Å². The monoisotopic (exact) mass is 300 g/mol. The Morgan fingerprint density at radius 1 is 1.19 bits per heavy atom. The van der Waals surface area contributed by atoms with E-state index in [1.54, 1.807) is 0 Å². The van der Waals surface area contributed by atoms with Crippen LogP contribution >= 0.6 is 11.3 Å². The summed E-state index contributed by atoms with van der Waals surface area (Å²) < 4.78 is 0. The van der Waals surface area contributed by atoms with E-state index >= 15 is 0 Å². The molecule has 2 aromatic rings. The van der Waals surface area contributed by atoms with Gasteiger partial charge in [0.05, 0.1) is 5.69 Å². The Labute approximate surface area is 131 Å². The van der Waals surface area contributed by atoms with E-state index in [1.807, 2.05) is 18.4 Å². The zero-order valence-electron chi connectivity index (χ0n) is 13.4. The lowest BCUT2D eigenvalue weighted by Gasteiger charge is -2.18. The van der Waals surface area contributed by atoms with Crippen LogP contribution in [0.1, 0.15) is 54.8 Å². The van der Waals surface area contributed by atoms with Crippen molar-refractivity contribution in [2.75, 3.05) is 7.05 Å². The molecule has 0 amide bonds. The standard InChI is InChI=1S/C18H24N2S/c1-17(2,3)15-14(12-19-4)21-16(20-15)18(10-11-18)13-8-6-5-7-9-13/h5-9,19H,10-12H2,1-4H3. The summed E-state index contributed by atoms with van der Waals surface area (Å²) >= 11 is 1.90. The van der Waals surface area contributed by atoms with Crippen LogP contribution in [-0.4, -0.2) is 12.0 Å². The number of aromatic nitrogens is 1. The first-order chi connectivity index (χ1) is 9.97. The molecule has 2 nitrogen and oxygen atoms in total. The summed E-state index contributed by atoms with van der Waals surface area (Å²) in [6.45, 7) is 7.68. The van der Waals surface area contributed by atoms with Crippen molar-refractivity contribution in [3.8, 4) is 0 Å². The maximum Gasteiger partial charge on any atom is 0.104 e. The molecule has 1 aliphatic carbocycles. The molecular weight excluding hydrogens is 276 g/mol. The summed E-state index contributed by atoms with van der Waals surface area (Å²) in [4.78, 5) is 6.48. The molecule has 0 radical (unpaired) electrons. The van der Waals surface area contributed by atoms with Crippen LogP contribution in [0.5, 0.6) is 0 Å². The van der Waals surface area contributed by atoms with Gasteiger partial charge in [-0.05, 0) is 25.5 Å². The van der Waals surface area contributed by atoms with Gasteiger partial charge in [-0.25, -0.2) is 4.98 Å². The Kier molecular flexibility index (Phi) is 3.66. The molecule has 0 unspecified atom stereocenters. The highest BCUT2D eigenvalue weighted by Gasteiger charge is 2.49. The van der Waals surface area contributed by atoms with Crippen LogP contribution in [0, 0.1) is 0 Å². The predicted molar refractivity (Wildman–Crippen MR) is 90.0 cm³/mol. The summed E-state index contributed by atoms with van der Waals surface area (Å²) in [7, 11) is 2.01. The van der Waals surface area contributed by atoms with E-state index in [0.29, 0.717) is 0 Å². The minimum absolute atomic E-state index is 0.105. The highest BCUT2D eigenvalue weighted by Crippen LogP contribution is 2.55. The van der Waals surface area contributed by atoms with Gasteiger partial charge in [-0.15, -0.1) is 11.3 Å². The average Bonchev–Trinajstić information content (AvgIpc) is 3.14. The van der Waals surface area contributed by atoms with Crippen LogP contribution in [0.3, 0.4) is 0 Å². The maximum absolute atomic E-state index is 5.09. The minimum Gasteiger partial charge on any atom is -0.315 e. The van der Waals surface area contributed by atoms with Gasteiger partial charge in [0.15, 0.2) is 0 Å². The smallest absolute Gasteiger partial charge is 0.104 e. The molecule has 3 rings (SSSR count). The van der Waals surface area contributed by atoms with Crippen molar-refractivity contribution in [1.29, 1.82) is 0 Å². The van der Waals surface area contributed by atoms with Gasteiger partial charge in [0, 0.05) is 22.3 Å². The van der Waals surface area contributed by atoms with Gasteiger partial charge < -0.3 is 5.32 Å². The van der Waals surface area contributed by atoms with Gasteiger partial charge >= 0.3 is 0 Å². The second kappa shape index (κ2) is 5.22. The highest BCUT2D eigenvalue weighted by atomic mass is 32.1. The average molecular weight is 300 g/mol. The molecule has 1 heterocycles. The van der Waals surface area contributed by atoms with Crippen molar-refractivity contribution in [2.24, 2.45) is 0 Å². The van der Waals surface area contributed by atoms with E-state index < -0.39 is 0 Å². The Balaban J connectivity index is 2.04. The molecule has 21 heavy (non-hydrogen) atoms. The van der Waals surface area contributed by atoms with Crippen molar-refractivity contribution in [1.82, 2.24) is 10.3 Å². The van der Waals surface area contributed by atoms with Crippen molar-refractivity contribution in [3.63, 3.8) is 0 Å². The molecule has 0 atom stereocenters. The van der Waals surface area contributed by atoms with Crippen molar-refractivity contribution >= 4 is 11.3 Å². The Hall–Kier alpha value is -1.19. The molecule has 112 valence electrons. The number of hydrogen-bond donors (Lipinski definition) is 1. The molecule has 0 saturated heterocycles. The predicted octanol–water partition coefficient (Wildman–Crippen LogP) is 4.24. The van der Waals surface area contributed by atoms with Gasteiger partial charge in [0.2, 0.25) is 0 Å². The van der Waals surface area contributed by atoms with Gasteiger partial charge in [0.25, 0.3) is 0 Å². The second-order valence-electron chi connectivity index (χ2n) is 7.02. The maximum atomic E-state index is 5.09. The van der Waals surface area contributed by atoms with Crippen LogP contribution in [-0.2, 0) is 17.4 Å². The third-order valence-corrected chi connectivity index (χ3v) is 5.49. The van der Waals surface area contributed by atoms with E-state index in [-0.39, 0.29) is 10.8 Å². The number of rotatable bonds is 4. The normalized spacial score (nSPS) is 17.0. The van der Waals surface area contributed by atoms with E-state index in [9.17, 15) is 0 Å². The molecule has 1 aliphatic rings. The van der Waals surface area contributed by atoms with E-state index in [1.165, 1.54) is 34.0 Å². The zero-order valence-corrected chi connectivity index (χ0v) is 14.2. The Morgan fingerprint density at radius 3 is 2.38 bits per heavy atom. The summed E-state index contributed by atoms with van der Waals surface area (Å²) in [6, 6.07) is 10.9. The number of nitrogens with zero attached hydrogens (tertiary/aromatic N) is 1. The molecule has 3 heteroatoms.